The van der Waals surface area contributed by atoms with Crippen LogP contribution in [0.5, 0.6) is 0 Å². The van der Waals surface area contributed by atoms with E-state index in [1.807, 2.05) is 6.92 Å². The molecule has 21 heavy (non-hydrogen) atoms. The number of amides is 1. The molecule has 0 radical (unpaired) electrons. The summed E-state index contributed by atoms with van der Waals surface area (Å²) in [7, 11) is 1.53. The molecule has 120 valence electrons. The van der Waals surface area contributed by atoms with E-state index in [-0.39, 0.29) is 31.0 Å². The Kier molecular flexibility index (Phi) is 7.07. The standard InChI is InChI=1S/C13H22N4O3.ClH/c1-8-15-13(20-17-8)9-3-5-10(6-4-9)16-12(18)11(14)7-19-2;/h9-11H,3-7,14H2,1-2H3,(H,16,18);1H. The summed E-state index contributed by atoms with van der Waals surface area (Å²) in [4.78, 5) is 16.1. The summed E-state index contributed by atoms with van der Waals surface area (Å²) < 4.78 is 10.1. The molecular weight excluding hydrogens is 296 g/mol. The van der Waals surface area contributed by atoms with Gasteiger partial charge < -0.3 is 20.3 Å². The number of rotatable bonds is 5. The summed E-state index contributed by atoms with van der Waals surface area (Å²) >= 11 is 0. The molecule has 1 heterocycles. The van der Waals surface area contributed by atoms with Crippen molar-refractivity contribution in [2.24, 2.45) is 5.73 Å². The van der Waals surface area contributed by atoms with Crippen LogP contribution in [0.15, 0.2) is 4.52 Å². The van der Waals surface area contributed by atoms with Crippen molar-refractivity contribution in [2.75, 3.05) is 13.7 Å². The molecule has 1 saturated carbocycles. The lowest BCUT2D eigenvalue weighted by Gasteiger charge is -2.28. The second kappa shape index (κ2) is 8.31. The third-order valence-electron chi connectivity index (χ3n) is 3.65. The number of carbonyl (C=O) groups excluding carboxylic acids is 1. The summed E-state index contributed by atoms with van der Waals surface area (Å²) in [6.07, 6.45) is 3.67. The molecule has 0 bridgehead atoms. The number of aryl methyl sites for hydroxylation is 1. The van der Waals surface area contributed by atoms with Crippen LogP contribution in [-0.2, 0) is 9.53 Å². The number of methoxy groups -OCH3 is 1. The molecule has 7 nitrogen and oxygen atoms in total. The highest BCUT2D eigenvalue weighted by molar-refractivity contribution is 5.85. The number of nitrogens with two attached hydrogens (primary N) is 1. The average Bonchev–Trinajstić information content (AvgIpc) is 2.86. The minimum absolute atomic E-state index is 0. The van der Waals surface area contributed by atoms with E-state index < -0.39 is 6.04 Å². The fourth-order valence-electron chi connectivity index (χ4n) is 2.53. The molecule has 1 aliphatic rings. The Bertz CT molecular complexity index is 446. The summed E-state index contributed by atoms with van der Waals surface area (Å²) in [5.41, 5.74) is 5.70. The minimum Gasteiger partial charge on any atom is -0.383 e. The van der Waals surface area contributed by atoms with Crippen molar-refractivity contribution in [1.82, 2.24) is 15.5 Å². The fourth-order valence-corrected chi connectivity index (χ4v) is 2.53. The number of halogens is 1. The van der Waals surface area contributed by atoms with Crippen LogP contribution in [-0.4, -0.2) is 41.8 Å². The van der Waals surface area contributed by atoms with Gasteiger partial charge >= 0.3 is 0 Å². The summed E-state index contributed by atoms with van der Waals surface area (Å²) in [6, 6.07) is -0.429. The molecule has 1 aliphatic carbocycles. The molecule has 1 fully saturated rings. The van der Waals surface area contributed by atoms with E-state index in [9.17, 15) is 4.79 Å². The van der Waals surface area contributed by atoms with E-state index >= 15 is 0 Å². The molecule has 3 N–H and O–H groups in total. The molecule has 1 amide bonds. The van der Waals surface area contributed by atoms with E-state index in [2.05, 4.69) is 15.5 Å². The Morgan fingerprint density at radius 2 is 2.14 bits per heavy atom. The molecule has 1 aromatic heterocycles. The molecule has 1 atom stereocenters. The zero-order valence-corrected chi connectivity index (χ0v) is 13.2. The number of nitrogens with one attached hydrogen (secondary N) is 1. The zero-order chi connectivity index (χ0) is 14.5. The minimum atomic E-state index is -0.601. The van der Waals surface area contributed by atoms with Crippen molar-refractivity contribution in [3.63, 3.8) is 0 Å². The molecule has 0 aromatic carbocycles. The monoisotopic (exact) mass is 318 g/mol. The highest BCUT2D eigenvalue weighted by Crippen LogP contribution is 2.31. The molecule has 0 saturated heterocycles. The topological polar surface area (TPSA) is 103 Å². The number of aromatic nitrogens is 2. The van der Waals surface area contributed by atoms with Gasteiger partial charge in [0.1, 0.15) is 6.04 Å². The smallest absolute Gasteiger partial charge is 0.239 e. The quantitative estimate of drug-likeness (QED) is 0.836. The summed E-state index contributed by atoms with van der Waals surface area (Å²) in [6.45, 7) is 2.05. The van der Waals surface area contributed by atoms with Crippen molar-refractivity contribution in [1.29, 1.82) is 0 Å². The number of nitrogens with zero attached hydrogens (tertiary/aromatic N) is 2. The van der Waals surface area contributed by atoms with Gasteiger partial charge in [0.25, 0.3) is 0 Å². The molecular formula is C13H23ClN4O3. The number of carbonyl (C=O) groups is 1. The van der Waals surface area contributed by atoms with Crippen molar-refractivity contribution in [2.45, 2.75) is 50.6 Å². The predicted molar refractivity (Wildman–Crippen MR) is 79.3 cm³/mol. The van der Waals surface area contributed by atoms with E-state index in [1.165, 1.54) is 7.11 Å². The Morgan fingerprint density at radius 1 is 1.48 bits per heavy atom. The van der Waals surface area contributed by atoms with Crippen LogP contribution in [0.25, 0.3) is 0 Å². The lowest BCUT2D eigenvalue weighted by molar-refractivity contribution is -0.124. The van der Waals surface area contributed by atoms with Crippen molar-refractivity contribution in [3.05, 3.63) is 11.7 Å². The van der Waals surface area contributed by atoms with E-state index in [0.29, 0.717) is 17.6 Å². The molecule has 8 heteroatoms. The van der Waals surface area contributed by atoms with Crippen LogP contribution in [0, 0.1) is 6.92 Å². The SMILES string of the molecule is COCC(N)C(=O)NC1CCC(c2nc(C)no2)CC1.Cl. The highest BCUT2D eigenvalue weighted by atomic mass is 35.5. The van der Waals surface area contributed by atoms with Crippen LogP contribution < -0.4 is 11.1 Å². The first-order valence-corrected chi connectivity index (χ1v) is 6.95. The first kappa shape index (κ1) is 17.9. The number of ether oxygens (including phenoxy) is 1. The highest BCUT2D eigenvalue weighted by Gasteiger charge is 2.27. The Balaban J connectivity index is 0.00000220. The zero-order valence-electron chi connectivity index (χ0n) is 12.4. The van der Waals surface area contributed by atoms with Crippen molar-refractivity contribution < 1.29 is 14.1 Å². The Labute approximate surface area is 130 Å². The predicted octanol–water partition coefficient (Wildman–Crippen LogP) is 0.916. The van der Waals surface area contributed by atoms with Gasteiger partial charge in [-0.15, -0.1) is 12.4 Å². The number of hydrogen-bond acceptors (Lipinski definition) is 6. The Hall–Kier alpha value is -1.18. The lowest BCUT2D eigenvalue weighted by Crippen LogP contribution is -2.48. The van der Waals surface area contributed by atoms with Crippen LogP contribution in [0.4, 0.5) is 0 Å². The third-order valence-corrected chi connectivity index (χ3v) is 3.65. The molecule has 2 rings (SSSR count). The number of hydrogen-bond donors (Lipinski definition) is 2. The van der Waals surface area contributed by atoms with Gasteiger partial charge in [0.05, 0.1) is 6.61 Å². The maximum atomic E-state index is 11.8. The summed E-state index contributed by atoms with van der Waals surface area (Å²) in [5, 5.41) is 6.79. The van der Waals surface area contributed by atoms with Gasteiger partial charge in [0, 0.05) is 19.1 Å². The Morgan fingerprint density at radius 3 is 2.67 bits per heavy atom. The first-order valence-electron chi connectivity index (χ1n) is 6.95. The van der Waals surface area contributed by atoms with Gasteiger partial charge in [0.2, 0.25) is 11.8 Å². The first-order chi connectivity index (χ1) is 9.60. The largest absolute Gasteiger partial charge is 0.383 e. The van der Waals surface area contributed by atoms with Crippen molar-refractivity contribution in [3.8, 4) is 0 Å². The van der Waals surface area contributed by atoms with Crippen LogP contribution >= 0.6 is 12.4 Å². The lowest BCUT2D eigenvalue weighted by atomic mass is 9.86. The van der Waals surface area contributed by atoms with Crippen LogP contribution in [0.1, 0.15) is 43.3 Å². The molecule has 1 unspecified atom stereocenters. The van der Waals surface area contributed by atoms with Gasteiger partial charge in [-0.2, -0.15) is 4.98 Å². The maximum absolute atomic E-state index is 11.8. The van der Waals surface area contributed by atoms with Gasteiger partial charge in [-0.1, -0.05) is 5.16 Å². The molecule has 1 aromatic rings. The second-order valence-corrected chi connectivity index (χ2v) is 5.30. The molecule has 0 spiro atoms. The van der Waals surface area contributed by atoms with Crippen molar-refractivity contribution >= 4 is 18.3 Å². The van der Waals surface area contributed by atoms with E-state index in [0.717, 1.165) is 25.7 Å². The summed E-state index contributed by atoms with van der Waals surface area (Å²) in [5.74, 6) is 1.53. The van der Waals surface area contributed by atoms with E-state index in [1.54, 1.807) is 0 Å². The van der Waals surface area contributed by atoms with Gasteiger partial charge in [-0.3, -0.25) is 4.79 Å². The maximum Gasteiger partial charge on any atom is 0.239 e. The second-order valence-electron chi connectivity index (χ2n) is 5.30. The van der Waals surface area contributed by atoms with Gasteiger partial charge in [-0.05, 0) is 32.6 Å². The van der Waals surface area contributed by atoms with Crippen LogP contribution in [0.2, 0.25) is 0 Å². The van der Waals surface area contributed by atoms with Gasteiger partial charge in [-0.25, -0.2) is 0 Å². The fraction of sp³-hybridized carbons (Fsp3) is 0.769. The average molecular weight is 319 g/mol. The third kappa shape index (κ3) is 4.94. The normalized spacial score (nSPS) is 23.2. The van der Waals surface area contributed by atoms with Gasteiger partial charge in [0.15, 0.2) is 5.82 Å². The van der Waals surface area contributed by atoms with Crippen LogP contribution in [0.3, 0.4) is 0 Å². The molecule has 0 aliphatic heterocycles. The van der Waals surface area contributed by atoms with E-state index in [4.69, 9.17) is 15.0 Å².